The van der Waals surface area contributed by atoms with Gasteiger partial charge in [0.25, 0.3) is 0 Å². The molecule has 0 saturated carbocycles. The number of hydrogen-bond acceptors (Lipinski definition) is 6. The summed E-state index contributed by atoms with van der Waals surface area (Å²) in [4.78, 5) is 30.6. The highest BCUT2D eigenvalue weighted by atomic mass is 32.1. The summed E-state index contributed by atoms with van der Waals surface area (Å²) in [5.41, 5.74) is 3.70. The number of carbonyl (C=O) groups is 2. The Morgan fingerprint density at radius 1 is 1.08 bits per heavy atom. The van der Waals surface area contributed by atoms with E-state index in [0.717, 1.165) is 48.9 Å². The van der Waals surface area contributed by atoms with Crippen molar-refractivity contribution in [2.45, 2.75) is 71.1 Å². The van der Waals surface area contributed by atoms with Crippen molar-refractivity contribution >= 4 is 28.0 Å². The van der Waals surface area contributed by atoms with Crippen molar-refractivity contribution in [3.63, 3.8) is 0 Å². The van der Waals surface area contributed by atoms with Gasteiger partial charge < -0.3 is 9.47 Å². The summed E-state index contributed by atoms with van der Waals surface area (Å²) >= 11 is 1.57. The van der Waals surface area contributed by atoms with Gasteiger partial charge in [-0.3, -0.25) is 14.5 Å². The Balaban J connectivity index is 1.70. The summed E-state index contributed by atoms with van der Waals surface area (Å²) in [6.07, 6.45) is 6.32. The van der Waals surface area contributed by atoms with Crippen LogP contribution in [-0.4, -0.2) is 25.9 Å². The minimum Gasteiger partial charge on any atom is -0.497 e. The molecule has 1 amide bonds. The second-order valence-electron chi connectivity index (χ2n) is 10.8. The van der Waals surface area contributed by atoms with Crippen molar-refractivity contribution in [3.8, 4) is 17.6 Å². The monoisotopic (exact) mass is 504 g/mol. The van der Waals surface area contributed by atoms with E-state index in [1.165, 1.54) is 4.88 Å². The molecule has 0 unspecified atom stereocenters. The number of nitrogens with zero attached hydrogens (tertiary/aromatic N) is 2. The van der Waals surface area contributed by atoms with E-state index >= 15 is 0 Å². The molecule has 0 saturated heterocycles. The number of benzene rings is 1. The number of nitriles is 1. The molecule has 2 aliphatic carbocycles. The number of thiophene rings is 1. The van der Waals surface area contributed by atoms with Gasteiger partial charge in [-0.25, -0.2) is 0 Å². The van der Waals surface area contributed by atoms with Crippen LogP contribution in [0.4, 0.5) is 5.00 Å². The van der Waals surface area contributed by atoms with Crippen molar-refractivity contribution in [2.24, 2.45) is 5.41 Å². The van der Waals surface area contributed by atoms with E-state index in [1.54, 1.807) is 36.5 Å². The van der Waals surface area contributed by atoms with Gasteiger partial charge in [0.05, 0.1) is 19.8 Å². The molecule has 0 fully saturated rings. The highest BCUT2D eigenvalue weighted by Gasteiger charge is 2.46. The molecule has 2 heterocycles. The van der Waals surface area contributed by atoms with E-state index < -0.39 is 5.92 Å². The smallest absolute Gasteiger partial charge is 0.232 e. The first kappa shape index (κ1) is 24.6. The molecule has 6 nitrogen and oxygen atoms in total. The zero-order chi connectivity index (χ0) is 25.6. The molecular formula is C29H32N2O4S. The molecule has 7 heteroatoms. The molecule has 36 heavy (non-hydrogen) atoms. The summed E-state index contributed by atoms with van der Waals surface area (Å²) in [6.45, 7) is 4.15. The van der Waals surface area contributed by atoms with Crippen LogP contribution >= 0.6 is 11.3 Å². The van der Waals surface area contributed by atoms with Crippen LogP contribution in [0.2, 0.25) is 0 Å². The van der Waals surface area contributed by atoms with Crippen LogP contribution in [-0.2, 0) is 22.4 Å². The molecule has 0 radical (unpaired) electrons. The maximum atomic E-state index is 13.9. The zero-order valence-electron chi connectivity index (χ0n) is 21.4. The van der Waals surface area contributed by atoms with Gasteiger partial charge in [0.15, 0.2) is 5.78 Å². The number of methoxy groups -OCH3 is 2. The van der Waals surface area contributed by atoms with Crippen molar-refractivity contribution in [1.29, 1.82) is 5.26 Å². The van der Waals surface area contributed by atoms with Crippen molar-refractivity contribution in [3.05, 3.63) is 51.0 Å². The zero-order valence-corrected chi connectivity index (χ0v) is 22.2. The summed E-state index contributed by atoms with van der Waals surface area (Å²) in [6, 6.07) is 7.97. The number of ketones is 1. The Bertz CT molecular complexity index is 1310. The van der Waals surface area contributed by atoms with Gasteiger partial charge in [0.1, 0.15) is 22.6 Å². The fourth-order valence-electron chi connectivity index (χ4n) is 6.02. The normalized spacial score (nSPS) is 21.4. The van der Waals surface area contributed by atoms with Gasteiger partial charge in [-0.2, -0.15) is 5.26 Å². The fourth-order valence-corrected chi connectivity index (χ4v) is 7.41. The summed E-state index contributed by atoms with van der Waals surface area (Å²) in [7, 11) is 3.19. The molecule has 2 aromatic rings. The Morgan fingerprint density at radius 3 is 2.58 bits per heavy atom. The summed E-state index contributed by atoms with van der Waals surface area (Å²) in [5, 5.41) is 10.9. The van der Waals surface area contributed by atoms with Crippen LogP contribution in [0.15, 0.2) is 29.5 Å². The first-order valence-corrected chi connectivity index (χ1v) is 13.5. The Kier molecular flexibility index (Phi) is 6.42. The Hall–Kier alpha value is -3.11. The lowest BCUT2D eigenvalue weighted by Gasteiger charge is -2.42. The van der Waals surface area contributed by atoms with Crippen LogP contribution < -0.4 is 14.4 Å². The lowest BCUT2D eigenvalue weighted by atomic mass is 9.69. The van der Waals surface area contributed by atoms with E-state index in [2.05, 4.69) is 19.9 Å². The predicted octanol–water partition coefficient (Wildman–Crippen LogP) is 6.07. The Labute approximate surface area is 216 Å². The molecule has 0 N–H and O–H groups in total. The number of fused-ring (bicyclic) bond motifs is 1. The number of aryl methyl sites for hydroxylation is 1. The van der Waals surface area contributed by atoms with Crippen molar-refractivity contribution in [1.82, 2.24) is 0 Å². The number of amides is 1. The number of allylic oxidation sites excluding steroid dienone is 2. The van der Waals surface area contributed by atoms with Gasteiger partial charge in [0.2, 0.25) is 5.91 Å². The summed E-state index contributed by atoms with van der Waals surface area (Å²) in [5.74, 6) is 0.860. The van der Waals surface area contributed by atoms with Crippen LogP contribution in [0.1, 0.15) is 79.9 Å². The van der Waals surface area contributed by atoms with Crippen LogP contribution in [0.5, 0.6) is 11.5 Å². The molecule has 1 aliphatic heterocycles. The molecule has 3 aliphatic rings. The van der Waals surface area contributed by atoms with E-state index in [9.17, 15) is 14.9 Å². The SMILES string of the molecule is COc1ccc([C@H]2CC(=O)N(c3sc4c(c3C#N)CCCCC4)C3=C2C(=O)CC(C)(C)C3)c(OC)c1. The second-order valence-corrected chi connectivity index (χ2v) is 11.8. The second kappa shape index (κ2) is 9.40. The van der Waals surface area contributed by atoms with Crippen LogP contribution in [0.25, 0.3) is 0 Å². The minimum absolute atomic E-state index is 0.0678. The van der Waals surface area contributed by atoms with Gasteiger partial charge in [0, 0.05) is 46.5 Å². The standard InChI is InChI=1S/C29H32N2O4S/c1-29(2)14-22-27(23(32)15-29)20(18-11-10-17(34-3)12-24(18)35-4)13-26(33)31(22)28-21(16-30)19-8-6-5-7-9-25(19)36-28/h10-12,20H,5-9,13-15H2,1-4H3/t20-/m1/s1. The molecule has 188 valence electrons. The molecule has 1 atom stereocenters. The van der Waals surface area contributed by atoms with Crippen molar-refractivity contribution in [2.75, 3.05) is 19.1 Å². The number of carbonyl (C=O) groups excluding carboxylic acids is 2. The lowest BCUT2D eigenvalue weighted by molar-refractivity contribution is -0.120. The van der Waals surface area contributed by atoms with E-state index in [4.69, 9.17) is 9.47 Å². The molecule has 1 aromatic heterocycles. The predicted molar refractivity (Wildman–Crippen MR) is 140 cm³/mol. The van der Waals surface area contributed by atoms with E-state index in [1.807, 2.05) is 12.1 Å². The molecule has 0 bridgehead atoms. The summed E-state index contributed by atoms with van der Waals surface area (Å²) < 4.78 is 11.0. The van der Waals surface area contributed by atoms with Crippen molar-refractivity contribution < 1.29 is 19.1 Å². The Morgan fingerprint density at radius 2 is 1.86 bits per heavy atom. The van der Waals surface area contributed by atoms with Gasteiger partial charge in [-0.15, -0.1) is 11.3 Å². The first-order valence-electron chi connectivity index (χ1n) is 12.6. The number of Topliss-reactive ketones (excluding diaryl/α,β-unsaturated/α-hetero) is 1. The van der Waals surface area contributed by atoms with Crippen LogP contribution in [0, 0.1) is 16.7 Å². The quantitative estimate of drug-likeness (QED) is 0.472. The first-order chi connectivity index (χ1) is 17.3. The third kappa shape index (κ3) is 4.12. The molecule has 0 spiro atoms. The average Bonchev–Trinajstić information content (AvgIpc) is 3.01. The van der Waals surface area contributed by atoms with Gasteiger partial charge >= 0.3 is 0 Å². The maximum Gasteiger partial charge on any atom is 0.232 e. The molecular weight excluding hydrogens is 472 g/mol. The van der Waals surface area contributed by atoms with E-state index in [-0.39, 0.29) is 23.5 Å². The maximum absolute atomic E-state index is 13.9. The van der Waals surface area contributed by atoms with Gasteiger partial charge in [-0.1, -0.05) is 26.3 Å². The third-order valence-corrected chi connectivity index (χ3v) is 8.95. The fraction of sp³-hybridized carbons (Fsp3) is 0.483. The molecule has 1 aromatic carbocycles. The average molecular weight is 505 g/mol. The highest BCUT2D eigenvalue weighted by molar-refractivity contribution is 7.16. The lowest BCUT2D eigenvalue weighted by Crippen LogP contribution is -2.43. The molecule has 5 rings (SSSR count). The topological polar surface area (TPSA) is 79.6 Å². The number of anilines is 1. The third-order valence-electron chi connectivity index (χ3n) is 7.68. The minimum atomic E-state index is -0.392. The number of rotatable bonds is 4. The van der Waals surface area contributed by atoms with Gasteiger partial charge in [-0.05, 0) is 49.1 Å². The number of ether oxygens (including phenoxy) is 2. The van der Waals surface area contributed by atoms with E-state index in [0.29, 0.717) is 40.5 Å². The number of hydrogen-bond donors (Lipinski definition) is 0. The highest BCUT2D eigenvalue weighted by Crippen LogP contribution is 2.52. The largest absolute Gasteiger partial charge is 0.497 e. The van der Waals surface area contributed by atoms with Crippen LogP contribution in [0.3, 0.4) is 0 Å².